The van der Waals surface area contributed by atoms with Gasteiger partial charge in [-0.25, -0.2) is 0 Å². The van der Waals surface area contributed by atoms with E-state index in [2.05, 4.69) is 0 Å². The molecular formula is C27H37NO6. The summed E-state index contributed by atoms with van der Waals surface area (Å²) >= 11 is 0. The van der Waals surface area contributed by atoms with E-state index in [1.807, 2.05) is 19.1 Å². The van der Waals surface area contributed by atoms with Gasteiger partial charge >= 0.3 is 11.9 Å². The first kappa shape index (κ1) is 27.2. The van der Waals surface area contributed by atoms with Gasteiger partial charge in [-0.15, -0.1) is 0 Å². The van der Waals surface area contributed by atoms with Crippen molar-refractivity contribution in [3.05, 3.63) is 59.7 Å². The minimum absolute atomic E-state index is 0.178. The fourth-order valence-electron chi connectivity index (χ4n) is 3.54. The Balaban J connectivity index is 1.44. The molecule has 7 nitrogen and oxygen atoms in total. The maximum Gasteiger partial charge on any atom is 0.323 e. The molecule has 0 saturated heterocycles. The maximum absolute atomic E-state index is 12.1. The van der Waals surface area contributed by atoms with Crippen LogP contribution in [-0.2, 0) is 31.9 Å². The van der Waals surface area contributed by atoms with Gasteiger partial charge in [0.15, 0.2) is 0 Å². The average Bonchev–Trinajstić information content (AvgIpc) is 2.82. The van der Waals surface area contributed by atoms with Crippen LogP contribution in [0.3, 0.4) is 0 Å². The number of hydrogen-bond donors (Lipinski definition) is 3. The van der Waals surface area contributed by atoms with Gasteiger partial charge in [0, 0.05) is 0 Å². The standard InChI is InChI=1S/C27H37NO6/c1-20(18-21-8-12-23(29)13-9-21)26(31)33-16-6-4-2-3-5-7-17-34-27(32)25(28)19-22-10-14-24(30)15-11-22/h8-15,20,25,29-30H,2-7,16-19,28H2,1H3. The summed E-state index contributed by atoms with van der Waals surface area (Å²) in [5.41, 5.74) is 7.77. The second-order valence-corrected chi connectivity index (χ2v) is 8.70. The molecule has 0 saturated carbocycles. The molecule has 0 fully saturated rings. The number of rotatable bonds is 15. The van der Waals surface area contributed by atoms with Crippen molar-refractivity contribution in [2.75, 3.05) is 13.2 Å². The van der Waals surface area contributed by atoms with Crippen molar-refractivity contribution in [3.8, 4) is 11.5 Å². The number of unbranched alkanes of at least 4 members (excludes halogenated alkanes) is 5. The molecule has 186 valence electrons. The fourth-order valence-corrected chi connectivity index (χ4v) is 3.54. The monoisotopic (exact) mass is 471 g/mol. The van der Waals surface area contributed by atoms with Crippen molar-refractivity contribution in [2.45, 2.75) is 64.3 Å². The van der Waals surface area contributed by atoms with Crippen LogP contribution in [-0.4, -0.2) is 41.4 Å². The number of carbonyl (C=O) groups is 2. The molecule has 0 radical (unpaired) electrons. The molecule has 0 aliphatic carbocycles. The molecule has 0 aromatic heterocycles. The van der Waals surface area contributed by atoms with Crippen LogP contribution in [0.4, 0.5) is 0 Å². The highest BCUT2D eigenvalue weighted by atomic mass is 16.5. The largest absolute Gasteiger partial charge is 0.508 e. The van der Waals surface area contributed by atoms with E-state index in [0.717, 1.165) is 49.7 Å². The zero-order chi connectivity index (χ0) is 24.8. The first-order valence-electron chi connectivity index (χ1n) is 12.0. The van der Waals surface area contributed by atoms with Crippen molar-refractivity contribution in [1.29, 1.82) is 0 Å². The van der Waals surface area contributed by atoms with Crippen LogP contribution < -0.4 is 5.73 Å². The lowest BCUT2D eigenvalue weighted by molar-refractivity contribution is -0.148. The Morgan fingerprint density at radius 2 is 1.12 bits per heavy atom. The first-order valence-corrected chi connectivity index (χ1v) is 12.0. The molecule has 2 aromatic rings. The Labute approximate surface area is 201 Å². The van der Waals surface area contributed by atoms with Crippen LogP contribution in [0.15, 0.2) is 48.5 Å². The molecule has 7 heteroatoms. The molecule has 34 heavy (non-hydrogen) atoms. The van der Waals surface area contributed by atoms with Gasteiger partial charge in [0.25, 0.3) is 0 Å². The average molecular weight is 472 g/mol. The van der Waals surface area contributed by atoms with E-state index < -0.39 is 12.0 Å². The third kappa shape index (κ3) is 10.7. The Morgan fingerprint density at radius 1 is 0.706 bits per heavy atom. The minimum Gasteiger partial charge on any atom is -0.508 e. The second-order valence-electron chi connectivity index (χ2n) is 8.70. The summed E-state index contributed by atoms with van der Waals surface area (Å²) in [5.74, 6) is -0.432. The van der Waals surface area contributed by atoms with Crippen LogP contribution in [0.1, 0.15) is 56.6 Å². The SMILES string of the molecule is CC(Cc1ccc(O)cc1)C(=O)OCCCCCCCCOC(=O)C(N)Cc1ccc(O)cc1. The quantitative estimate of drug-likeness (QED) is 0.262. The van der Waals surface area contributed by atoms with E-state index in [-0.39, 0.29) is 23.4 Å². The van der Waals surface area contributed by atoms with Crippen LogP contribution in [0.25, 0.3) is 0 Å². The molecule has 0 spiro atoms. The highest BCUT2D eigenvalue weighted by Crippen LogP contribution is 2.15. The van der Waals surface area contributed by atoms with Gasteiger partial charge in [0.05, 0.1) is 19.1 Å². The van der Waals surface area contributed by atoms with Gasteiger partial charge in [0.1, 0.15) is 17.5 Å². The minimum atomic E-state index is -0.712. The highest BCUT2D eigenvalue weighted by Gasteiger charge is 2.16. The second kappa shape index (κ2) is 15.0. The number of benzene rings is 2. The molecule has 2 unspecified atom stereocenters. The smallest absolute Gasteiger partial charge is 0.323 e. The normalized spacial score (nSPS) is 12.6. The Kier molecular flexibility index (Phi) is 12.0. The number of ether oxygens (including phenoxy) is 2. The summed E-state index contributed by atoms with van der Waals surface area (Å²) in [6.45, 7) is 2.64. The number of aromatic hydroxyl groups is 2. The van der Waals surface area contributed by atoms with E-state index in [1.54, 1.807) is 36.4 Å². The Morgan fingerprint density at radius 3 is 1.62 bits per heavy atom. The predicted octanol–water partition coefficient (Wildman–Crippen LogP) is 4.27. The van der Waals surface area contributed by atoms with Crippen LogP contribution >= 0.6 is 0 Å². The summed E-state index contributed by atoms with van der Waals surface area (Å²) in [6, 6.07) is 12.8. The highest BCUT2D eigenvalue weighted by molar-refractivity contribution is 5.75. The van der Waals surface area contributed by atoms with Gasteiger partial charge in [-0.05, 0) is 61.1 Å². The van der Waals surface area contributed by atoms with Crippen molar-refractivity contribution in [2.24, 2.45) is 11.7 Å². The first-order chi connectivity index (χ1) is 16.3. The number of carbonyl (C=O) groups excluding carboxylic acids is 2. The van der Waals surface area contributed by atoms with E-state index in [0.29, 0.717) is 26.1 Å². The molecular weight excluding hydrogens is 434 g/mol. The third-order valence-electron chi connectivity index (χ3n) is 5.60. The molecule has 0 bridgehead atoms. The molecule has 0 aliphatic heterocycles. The van der Waals surface area contributed by atoms with Gasteiger partial charge in [-0.2, -0.15) is 0 Å². The molecule has 2 atom stereocenters. The van der Waals surface area contributed by atoms with Crippen molar-refractivity contribution >= 4 is 11.9 Å². The van der Waals surface area contributed by atoms with Gasteiger partial charge in [-0.1, -0.05) is 56.9 Å². The summed E-state index contributed by atoms with van der Waals surface area (Å²) in [6.07, 6.45) is 6.60. The number of phenols is 2. The van der Waals surface area contributed by atoms with Gasteiger partial charge < -0.3 is 25.4 Å². The fraction of sp³-hybridized carbons (Fsp3) is 0.481. The number of phenolic OH excluding ortho intramolecular Hbond substituents is 2. The Bertz CT molecular complexity index is 792. The Hall–Kier alpha value is -3.06. The van der Waals surface area contributed by atoms with E-state index >= 15 is 0 Å². The summed E-state index contributed by atoms with van der Waals surface area (Å²) in [4.78, 5) is 24.1. The summed E-state index contributed by atoms with van der Waals surface area (Å²) in [7, 11) is 0. The van der Waals surface area contributed by atoms with E-state index in [1.165, 1.54) is 0 Å². The van der Waals surface area contributed by atoms with Crippen LogP contribution in [0.5, 0.6) is 11.5 Å². The number of hydrogen-bond acceptors (Lipinski definition) is 7. The maximum atomic E-state index is 12.1. The zero-order valence-corrected chi connectivity index (χ0v) is 19.9. The zero-order valence-electron chi connectivity index (χ0n) is 19.9. The third-order valence-corrected chi connectivity index (χ3v) is 5.60. The van der Waals surface area contributed by atoms with E-state index in [4.69, 9.17) is 15.2 Å². The lowest BCUT2D eigenvalue weighted by Gasteiger charge is -2.12. The molecule has 0 aliphatic rings. The molecule has 0 amide bonds. The van der Waals surface area contributed by atoms with Crippen molar-refractivity contribution in [3.63, 3.8) is 0 Å². The van der Waals surface area contributed by atoms with Crippen LogP contribution in [0, 0.1) is 5.92 Å². The number of nitrogens with two attached hydrogens (primary N) is 1. The van der Waals surface area contributed by atoms with Crippen molar-refractivity contribution in [1.82, 2.24) is 0 Å². The lowest BCUT2D eigenvalue weighted by Crippen LogP contribution is -2.34. The topological polar surface area (TPSA) is 119 Å². The summed E-state index contributed by atoms with van der Waals surface area (Å²) in [5, 5.41) is 18.6. The molecule has 2 rings (SSSR count). The summed E-state index contributed by atoms with van der Waals surface area (Å²) < 4.78 is 10.6. The van der Waals surface area contributed by atoms with Gasteiger partial charge in [-0.3, -0.25) is 9.59 Å². The molecule has 0 heterocycles. The molecule has 2 aromatic carbocycles. The van der Waals surface area contributed by atoms with Crippen LogP contribution in [0.2, 0.25) is 0 Å². The van der Waals surface area contributed by atoms with E-state index in [9.17, 15) is 19.8 Å². The predicted molar refractivity (Wildman–Crippen MR) is 130 cm³/mol. The lowest BCUT2D eigenvalue weighted by atomic mass is 10.0. The molecule has 4 N–H and O–H groups in total. The van der Waals surface area contributed by atoms with Crippen molar-refractivity contribution < 1.29 is 29.3 Å². The van der Waals surface area contributed by atoms with Gasteiger partial charge in [0.2, 0.25) is 0 Å². The number of esters is 2.